The largest absolute Gasteiger partial charge is 0.460 e. The maximum Gasteiger partial charge on any atom is 0.134 e. The minimum absolute atomic E-state index is 0.815. The van der Waals surface area contributed by atoms with Crippen molar-refractivity contribution in [2.75, 3.05) is 18.6 Å². The van der Waals surface area contributed by atoms with Crippen LogP contribution in [-0.4, -0.2) is 18.6 Å². The molecule has 15 heavy (non-hydrogen) atoms. The summed E-state index contributed by atoms with van der Waals surface area (Å²) in [5, 5.41) is 4.53. The first-order chi connectivity index (χ1) is 7.40. The van der Waals surface area contributed by atoms with E-state index >= 15 is 0 Å². The maximum atomic E-state index is 5.68. The van der Waals surface area contributed by atoms with Gasteiger partial charge in [-0.15, -0.1) is 0 Å². The minimum atomic E-state index is 0.815. The molecule has 0 saturated heterocycles. The molecule has 0 radical (unpaired) electrons. The molecule has 1 heterocycles. The van der Waals surface area contributed by atoms with Gasteiger partial charge in [0.1, 0.15) is 11.3 Å². The van der Waals surface area contributed by atoms with Crippen molar-refractivity contribution in [2.24, 2.45) is 0 Å². The SMILES string of the molecule is CSCCNCc1cc2ccccc2o1. The van der Waals surface area contributed by atoms with Crippen LogP contribution in [0.5, 0.6) is 0 Å². The van der Waals surface area contributed by atoms with Gasteiger partial charge in [-0.3, -0.25) is 0 Å². The molecular weight excluding hydrogens is 206 g/mol. The van der Waals surface area contributed by atoms with Gasteiger partial charge in [0.2, 0.25) is 0 Å². The Bertz CT molecular complexity index is 391. The van der Waals surface area contributed by atoms with Crippen molar-refractivity contribution in [1.29, 1.82) is 0 Å². The van der Waals surface area contributed by atoms with Crippen molar-refractivity contribution >= 4 is 22.7 Å². The lowest BCUT2D eigenvalue weighted by Crippen LogP contribution is -2.15. The molecule has 0 saturated carbocycles. The lowest BCUT2D eigenvalue weighted by Gasteiger charge is -1.99. The third-order valence-corrected chi connectivity index (χ3v) is 2.87. The predicted octanol–water partition coefficient (Wildman–Crippen LogP) is 2.89. The van der Waals surface area contributed by atoms with E-state index in [4.69, 9.17) is 4.42 Å². The molecule has 2 rings (SSSR count). The number of thioether (sulfide) groups is 1. The van der Waals surface area contributed by atoms with Crippen molar-refractivity contribution in [3.05, 3.63) is 36.1 Å². The summed E-state index contributed by atoms with van der Waals surface area (Å²) in [6.07, 6.45) is 2.11. The monoisotopic (exact) mass is 221 g/mol. The van der Waals surface area contributed by atoms with Crippen LogP contribution in [0.25, 0.3) is 11.0 Å². The zero-order chi connectivity index (χ0) is 10.5. The molecule has 3 heteroatoms. The third kappa shape index (κ3) is 2.76. The van der Waals surface area contributed by atoms with Crippen molar-refractivity contribution in [3.63, 3.8) is 0 Å². The zero-order valence-corrected chi connectivity index (χ0v) is 9.64. The summed E-state index contributed by atoms with van der Waals surface area (Å²) in [5.74, 6) is 2.15. The molecule has 1 N–H and O–H groups in total. The van der Waals surface area contributed by atoms with Gasteiger partial charge in [-0.2, -0.15) is 11.8 Å². The standard InChI is InChI=1S/C12H15NOS/c1-15-7-6-13-9-11-8-10-4-2-3-5-12(10)14-11/h2-5,8,13H,6-7,9H2,1H3. The van der Waals surface area contributed by atoms with E-state index in [0.29, 0.717) is 0 Å². The van der Waals surface area contributed by atoms with Crippen LogP contribution >= 0.6 is 11.8 Å². The Kier molecular flexibility index (Phi) is 3.69. The Morgan fingerprint density at radius 3 is 3.00 bits per heavy atom. The number of hydrogen-bond acceptors (Lipinski definition) is 3. The fourth-order valence-corrected chi connectivity index (χ4v) is 1.86. The number of benzene rings is 1. The van der Waals surface area contributed by atoms with E-state index in [1.54, 1.807) is 0 Å². The number of para-hydroxylation sites is 1. The average Bonchev–Trinajstić information content (AvgIpc) is 2.67. The van der Waals surface area contributed by atoms with Crippen LogP contribution in [0.2, 0.25) is 0 Å². The summed E-state index contributed by atoms with van der Waals surface area (Å²) in [6.45, 7) is 1.84. The second-order valence-electron chi connectivity index (χ2n) is 3.42. The highest BCUT2D eigenvalue weighted by atomic mass is 32.2. The van der Waals surface area contributed by atoms with Crippen molar-refractivity contribution in [1.82, 2.24) is 5.32 Å². The van der Waals surface area contributed by atoms with Gasteiger partial charge in [0.05, 0.1) is 6.54 Å². The van der Waals surface area contributed by atoms with Gasteiger partial charge in [-0.05, 0) is 18.4 Å². The zero-order valence-electron chi connectivity index (χ0n) is 8.82. The first kappa shape index (κ1) is 10.6. The van der Waals surface area contributed by atoms with Crippen LogP contribution in [-0.2, 0) is 6.54 Å². The highest BCUT2D eigenvalue weighted by Crippen LogP contribution is 2.18. The van der Waals surface area contributed by atoms with E-state index in [-0.39, 0.29) is 0 Å². The van der Waals surface area contributed by atoms with E-state index in [1.807, 2.05) is 30.0 Å². The summed E-state index contributed by atoms with van der Waals surface area (Å²) in [5.41, 5.74) is 0.971. The van der Waals surface area contributed by atoms with Gasteiger partial charge in [0.25, 0.3) is 0 Å². The quantitative estimate of drug-likeness (QED) is 0.786. The van der Waals surface area contributed by atoms with Crippen LogP contribution in [0, 0.1) is 0 Å². The second-order valence-corrected chi connectivity index (χ2v) is 4.41. The Hall–Kier alpha value is -0.930. The summed E-state index contributed by atoms with van der Waals surface area (Å²) < 4.78 is 5.68. The van der Waals surface area contributed by atoms with Crippen LogP contribution in [0.15, 0.2) is 34.7 Å². The summed E-state index contributed by atoms with van der Waals surface area (Å²) in [7, 11) is 0. The fraction of sp³-hybridized carbons (Fsp3) is 0.333. The number of hydrogen-bond donors (Lipinski definition) is 1. The number of nitrogens with one attached hydrogen (secondary N) is 1. The third-order valence-electron chi connectivity index (χ3n) is 2.26. The van der Waals surface area contributed by atoms with Gasteiger partial charge in [-0.25, -0.2) is 0 Å². The molecular formula is C12H15NOS. The molecule has 0 spiro atoms. The number of furan rings is 1. The lowest BCUT2D eigenvalue weighted by atomic mass is 10.2. The van der Waals surface area contributed by atoms with Crippen LogP contribution < -0.4 is 5.32 Å². The average molecular weight is 221 g/mol. The topological polar surface area (TPSA) is 25.2 Å². The molecule has 0 fully saturated rings. The summed E-state index contributed by atoms with van der Waals surface area (Å²) in [4.78, 5) is 0. The lowest BCUT2D eigenvalue weighted by molar-refractivity contribution is 0.521. The van der Waals surface area contributed by atoms with E-state index in [2.05, 4.69) is 23.7 Å². The van der Waals surface area contributed by atoms with E-state index in [1.165, 1.54) is 5.39 Å². The Balaban J connectivity index is 1.97. The van der Waals surface area contributed by atoms with Gasteiger partial charge in [0, 0.05) is 17.7 Å². The van der Waals surface area contributed by atoms with Crippen molar-refractivity contribution < 1.29 is 4.42 Å². The van der Waals surface area contributed by atoms with E-state index in [0.717, 1.165) is 30.2 Å². The number of rotatable bonds is 5. The molecule has 0 atom stereocenters. The van der Waals surface area contributed by atoms with Crippen molar-refractivity contribution in [3.8, 4) is 0 Å². The molecule has 0 bridgehead atoms. The van der Waals surface area contributed by atoms with Crippen LogP contribution in [0.4, 0.5) is 0 Å². The van der Waals surface area contributed by atoms with Gasteiger partial charge >= 0.3 is 0 Å². The molecule has 0 aliphatic carbocycles. The normalized spacial score (nSPS) is 11.0. The number of fused-ring (bicyclic) bond motifs is 1. The molecule has 2 nitrogen and oxygen atoms in total. The maximum absolute atomic E-state index is 5.68. The first-order valence-corrected chi connectivity index (χ1v) is 6.46. The highest BCUT2D eigenvalue weighted by molar-refractivity contribution is 7.98. The molecule has 0 aliphatic rings. The molecule has 0 unspecified atom stereocenters. The molecule has 1 aromatic carbocycles. The van der Waals surface area contributed by atoms with Gasteiger partial charge < -0.3 is 9.73 Å². The smallest absolute Gasteiger partial charge is 0.134 e. The predicted molar refractivity (Wildman–Crippen MR) is 66.3 cm³/mol. The molecule has 0 aliphatic heterocycles. The summed E-state index contributed by atoms with van der Waals surface area (Å²) in [6, 6.07) is 10.2. The Labute approximate surface area is 94.0 Å². The molecule has 0 amide bonds. The fourth-order valence-electron chi connectivity index (χ4n) is 1.51. The molecule has 1 aromatic heterocycles. The minimum Gasteiger partial charge on any atom is -0.460 e. The van der Waals surface area contributed by atoms with E-state index in [9.17, 15) is 0 Å². The molecule has 2 aromatic rings. The highest BCUT2D eigenvalue weighted by Gasteiger charge is 2.01. The van der Waals surface area contributed by atoms with Gasteiger partial charge in [-0.1, -0.05) is 18.2 Å². The Morgan fingerprint density at radius 1 is 1.33 bits per heavy atom. The van der Waals surface area contributed by atoms with Crippen LogP contribution in [0.1, 0.15) is 5.76 Å². The van der Waals surface area contributed by atoms with Gasteiger partial charge in [0.15, 0.2) is 0 Å². The van der Waals surface area contributed by atoms with E-state index < -0.39 is 0 Å². The Morgan fingerprint density at radius 2 is 2.20 bits per heavy atom. The first-order valence-electron chi connectivity index (χ1n) is 5.07. The molecule has 80 valence electrons. The second kappa shape index (κ2) is 5.24. The summed E-state index contributed by atoms with van der Waals surface area (Å²) >= 11 is 1.85. The van der Waals surface area contributed by atoms with Crippen LogP contribution in [0.3, 0.4) is 0 Å². The van der Waals surface area contributed by atoms with Crippen molar-refractivity contribution in [2.45, 2.75) is 6.54 Å².